The zero-order valence-electron chi connectivity index (χ0n) is 16.0. The lowest BCUT2D eigenvalue weighted by atomic mass is 10.2. The van der Waals surface area contributed by atoms with Crippen molar-refractivity contribution in [3.05, 3.63) is 89.4 Å². The van der Waals surface area contributed by atoms with Crippen LogP contribution < -0.4 is 5.32 Å². The number of hydrogen-bond donors (Lipinski definition) is 1. The minimum absolute atomic E-state index is 0.0249. The van der Waals surface area contributed by atoms with Crippen molar-refractivity contribution >= 4 is 11.7 Å². The minimum atomic E-state index is -0.442. The summed E-state index contributed by atoms with van der Waals surface area (Å²) in [6.45, 7) is 4.13. The molecule has 0 aliphatic heterocycles. The molecule has 0 atom stereocenters. The van der Waals surface area contributed by atoms with Crippen LogP contribution in [-0.2, 0) is 6.54 Å². The number of halogens is 1. The lowest BCUT2D eigenvalue weighted by molar-refractivity contribution is 0.101. The normalized spacial score (nSPS) is 10.9. The summed E-state index contributed by atoms with van der Waals surface area (Å²) < 4.78 is 16.4. The summed E-state index contributed by atoms with van der Waals surface area (Å²) in [6.07, 6.45) is 0. The van der Waals surface area contributed by atoms with Gasteiger partial charge in [-0.2, -0.15) is 5.10 Å². The second kappa shape index (κ2) is 7.67. The second-order valence-electron chi connectivity index (χ2n) is 6.64. The average molecular weight is 390 g/mol. The summed E-state index contributed by atoms with van der Waals surface area (Å²) in [5, 5.41) is 11.6. The van der Waals surface area contributed by atoms with Crippen molar-refractivity contribution in [3.8, 4) is 5.69 Å². The van der Waals surface area contributed by atoms with Crippen molar-refractivity contribution < 1.29 is 9.18 Å². The number of anilines is 1. The molecule has 0 saturated carbocycles. The number of amides is 1. The first-order valence-corrected chi connectivity index (χ1v) is 9.09. The Morgan fingerprint density at radius 3 is 2.48 bits per heavy atom. The monoisotopic (exact) mass is 390 g/mol. The van der Waals surface area contributed by atoms with E-state index in [9.17, 15) is 9.18 Å². The number of aryl methyl sites for hydroxylation is 2. The first-order chi connectivity index (χ1) is 14.0. The summed E-state index contributed by atoms with van der Waals surface area (Å²) in [7, 11) is 0. The number of nitrogens with one attached hydrogen (secondary N) is 1. The van der Waals surface area contributed by atoms with Gasteiger partial charge in [-0.3, -0.25) is 4.79 Å². The van der Waals surface area contributed by atoms with Crippen LogP contribution in [0.15, 0.2) is 60.7 Å². The fourth-order valence-electron chi connectivity index (χ4n) is 3.01. The van der Waals surface area contributed by atoms with Gasteiger partial charge in [-0.25, -0.2) is 18.7 Å². The van der Waals surface area contributed by atoms with Gasteiger partial charge in [0.05, 0.1) is 17.9 Å². The van der Waals surface area contributed by atoms with Gasteiger partial charge in [-0.15, -0.1) is 5.10 Å². The molecular formula is C21H19FN6O. The van der Waals surface area contributed by atoms with Gasteiger partial charge in [-0.1, -0.05) is 30.3 Å². The highest BCUT2D eigenvalue weighted by atomic mass is 19.1. The minimum Gasteiger partial charge on any atom is -0.304 e. The van der Waals surface area contributed by atoms with E-state index in [1.807, 2.05) is 37.3 Å². The number of aromatic nitrogens is 5. The molecule has 7 nitrogen and oxygen atoms in total. The van der Waals surface area contributed by atoms with Crippen molar-refractivity contribution in [1.29, 1.82) is 0 Å². The molecular weight excluding hydrogens is 371 g/mol. The van der Waals surface area contributed by atoms with E-state index in [1.165, 1.54) is 16.8 Å². The van der Waals surface area contributed by atoms with Gasteiger partial charge in [0.25, 0.3) is 5.91 Å². The lowest BCUT2D eigenvalue weighted by Crippen LogP contribution is -2.18. The van der Waals surface area contributed by atoms with Gasteiger partial charge >= 0.3 is 0 Å². The maximum absolute atomic E-state index is 13.2. The van der Waals surface area contributed by atoms with Gasteiger partial charge in [0.2, 0.25) is 5.82 Å². The molecule has 2 heterocycles. The standard InChI is InChI=1S/C21H19FN6O/c1-14-12-19(27(25-14)13-16-6-4-3-5-7-16)24-21(29)20-23-15(2)28(26-20)18-10-8-17(22)9-11-18/h3-12H,13H2,1-2H3,(H,24,29). The zero-order valence-corrected chi connectivity index (χ0v) is 16.0. The Kier molecular flexibility index (Phi) is 4.90. The fourth-order valence-corrected chi connectivity index (χ4v) is 3.01. The molecule has 0 unspecified atom stereocenters. The van der Waals surface area contributed by atoms with Gasteiger partial charge in [-0.05, 0) is 43.7 Å². The van der Waals surface area contributed by atoms with Crippen LogP contribution in [0.1, 0.15) is 27.7 Å². The zero-order chi connectivity index (χ0) is 20.4. The van der Waals surface area contributed by atoms with Crippen LogP contribution >= 0.6 is 0 Å². The van der Waals surface area contributed by atoms with Crippen LogP contribution in [0.3, 0.4) is 0 Å². The maximum Gasteiger partial charge on any atom is 0.296 e. The van der Waals surface area contributed by atoms with E-state index >= 15 is 0 Å². The van der Waals surface area contributed by atoms with E-state index in [0.717, 1.165) is 11.3 Å². The predicted molar refractivity (Wildman–Crippen MR) is 107 cm³/mol. The van der Waals surface area contributed by atoms with E-state index in [2.05, 4.69) is 20.5 Å². The van der Waals surface area contributed by atoms with Crippen LogP contribution in [0.25, 0.3) is 5.69 Å². The van der Waals surface area contributed by atoms with Crippen LogP contribution in [0.5, 0.6) is 0 Å². The molecule has 0 fully saturated rings. The summed E-state index contributed by atoms with van der Waals surface area (Å²) in [6, 6.07) is 17.5. The maximum atomic E-state index is 13.2. The van der Waals surface area contributed by atoms with Crippen molar-refractivity contribution in [3.63, 3.8) is 0 Å². The molecule has 0 spiro atoms. The topological polar surface area (TPSA) is 77.6 Å². The van der Waals surface area contributed by atoms with Crippen LogP contribution in [0, 0.1) is 19.7 Å². The molecule has 2 aromatic carbocycles. The van der Waals surface area contributed by atoms with Crippen LogP contribution in [0.4, 0.5) is 10.2 Å². The molecule has 0 radical (unpaired) electrons. The third kappa shape index (κ3) is 4.06. The second-order valence-corrected chi connectivity index (χ2v) is 6.64. The highest BCUT2D eigenvalue weighted by Gasteiger charge is 2.18. The van der Waals surface area contributed by atoms with Crippen molar-refractivity contribution in [2.75, 3.05) is 5.32 Å². The number of benzene rings is 2. The number of rotatable bonds is 5. The summed E-state index contributed by atoms with van der Waals surface area (Å²) >= 11 is 0. The Morgan fingerprint density at radius 2 is 1.76 bits per heavy atom. The molecule has 4 rings (SSSR count). The Bertz CT molecular complexity index is 1150. The molecule has 1 N–H and O–H groups in total. The van der Waals surface area contributed by atoms with Gasteiger partial charge < -0.3 is 5.32 Å². The third-order valence-electron chi connectivity index (χ3n) is 4.36. The number of nitrogens with zero attached hydrogens (tertiary/aromatic N) is 5. The molecule has 0 saturated heterocycles. The number of hydrogen-bond acceptors (Lipinski definition) is 4. The lowest BCUT2D eigenvalue weighted by Gasteiger charge is -2.08. The molecule has 29 heavy (non-hydrogen) atoms. The number of carbonyl (C=O) groups is 1. The van der Waals surface area contributed by atoms with Gasteiger partial charge in [0.15, 0.2) is 0 Å². The highest BCUT2D eigenvalue weighted by Crippen LogP contribution is 2.15. The van der Waals surface area contributed by atoms with E-state index < -0.39 is 5.91 Å². The SMILES string of the molecule is Cc1cc(NC(=O)c2nc(C)n(-c3ccc(F)cc3)n2)n(Cc2ccccc2)n1. The van der Waals surface area contributed by atoms with Crippen LogP contribution in [-0.4, -0.2) is 30.5 Å². The molecule has 8 heteroatoms. The molecule has 2 aromatic heterocycles. The largest absolute Gasteiger partial charge is 0.304 e. The van der Waals surface area contributed by atoms with E-state index in [0.29, 0.717) is 23.9 Å². The molecule has 0 aliphatic rings. The van der Waals surface area contributed by atoms with Crippen molar-refractivity contribution in [2.24, 2.45) is 0 Å². The molecule has 0 bridgehead atoms. The fraction of sp³-hybridized carbons (Fsp3) is 0.143. The van der Waals surface area contributed by atoms with Crippen LogP contribution in [0.2, 0.25) is 0 Å². The van der Waals surface area contributed by atoms with Crippen molar-refractivity contribution in [1.82, 2.24) is 24.5 Å². The quantitative estimate of drug-likeness (QED) is 0.566. The third-order valence-corrected chi connectivity index (χ3v) is 4.36. The van der Waals surface area contributed by atoms with Crippen molar-refractivity contribution in [2.45, 2.75) is 20.4 Å². The molecule has 1 amide bonds. The summed E-state index contributed by atoms with van der Waals surface area (Å²) in [4.78, 5) is 17.0. The summed E-state index contributed by atoms with van der Waals surface area (Å²) in [5.41, 5.74) is 2.48. The van der Waals surface area contributed by atoms with Gasteiger partial charge in [0.1, 0.15) is 17.5 Å². The molecule has 4 aromatic rings. The molecule has 146 valence electrons. The van der Waals surface area contributed by atoms with E-state index in [1.54, 1.807) is 29.8 Å². The highest BCUT2D eigenvalue weighted by molar-refractivity contribution is 6.01. The first-order valence-electron chi connectivity index (χ1n) is 9.09. The first kappa shape index (κ1) is 18.5. The average Bonchev–Trinajstić information content (AvgIpc) is 3.25. The Morgan fingerprint density at radius 1 is 1.03 bits per heavy atom. The Balaban J connectivity index is 1.56. The van der Waals surface area contributed by atoms with E-state index in [-0.39, 0.29) is 11.6 Å². The Hall–Kier alpha value is -3.81. The Labute approximate surface area is 166 Å². The predicted octanol–water partition coefficient (Wildman–Crippen LogP) is 3.52. The van der Waals surface area contributed by atoms with Gasteiger partial charge in [0, 0.05) is 6.07 Å². The number of carbonyl (C=O) groups excluding carboxylic acids is 1. The smallest absolute Gasteiger partial charge is 0.296 e. The molecule has 0 aliphatic carbocycles. The summed E-state index contributed by atoms with van der Waals surface area (Å²) in [5.74, 6) is 0.328. The van der Waals surface area contributed by atoms with E-state index in [4.69, 9.17) is 0 Å².